The Bertz CT molecular complexity index is 1200. The lowest BCUT2D eigenvalue weighted by molar-refractivity contribution is 1.16. The Morgan fingerprint density at radius 1 is 0.652 bits per heavy atom. The van der Waals surface area contributed by atoms with Gasteiger partial charge in [0.15, 0.2) is 0 Å². The van der Waals surface area contributed by atoms with Crippen molar-refractivity contribution in [1.82, 2.24) is 0 Å². The minimum atomic E-state index is 0.857. The molecule has 5 rings (SSSR count). The van der Waals surface area contributed by atoms with E-state index >= 15 is 0 Å². The lowest BCUT2D eigenvalue weighted by Gasteiger charge is -2.17. The topological polar surface area (TPSA) is 26.0 Å². The number of rotatable bonds is 1. The van der Waals surface area contributed by atoms with E-state index in [0.717, 1.165) is 17.5 Å². The zero-order valence-electron chi connectivity index (χ0n) is 13.1. The van der Waals surface area contributed by atoms with Crippen molar-refractivity contribution in [1.29, 1.82) is 0 Å². The first kappa shape index (κ1) is 12.7. The van der Waals surface area contributed by atoms with Crippen molar-refractivity contribution < 1.29 is 0 Å². The molecule has 0 saturated heterocycles. The van der Waals surface area contributed by atoms with E-state index in [9.17, 15) is 0 Å². The van der Waals surface area contributed by atoms with Crippen molar-refractivity contribution in [3.8, 4) is 0 Å². The van der Waals surface area contributed by atoms with Gasteiger partial charge in [-0.15, -0.1) is 0 Å². The third-order valence-corrected chi connectivity index (χ3v) is 5.15. The molecule has 23 heavy (non-hydrogen) atoms. The highest BCUT2D eigenvalue weighted by Crippen LogP contribution is 2.42. The molecule has 0 fully saturated rings. The second kappa shape index (κ2) is 4.36. The predicted molar refractivity (Wildman–Crippen MR) is 101 cm³/mol. The molecule has 0 spiro atoms. The van der Waals surface area contributed by atoms with Crippen molar-refractivity contribution in [3.63, 3.8) is 0 Å². The Hall–Kier alpha value is -2.80. The van der Waals surface area contributed by atoms with Crippen molar-refractivity contribution >= 4 is 48.8 Å². The molecule has 2 N–H and O–H groups in total. The summed E-state index contributed by atoms with van der Waals surface area (Å²) in [4.78, 5) is 0. The van der Waals surface area contributed by atoms with Gasteiger partial charge in [-0.3, -0.25) is 0 Å². The quantitative estimate of drug-likeness (QED) is 0.233. The maximum atomic E-state index is 6.26. The first-order chi connectivity index (χ1) is 11.3. The van der Waals surface area contributed by atoms with Crippen LogP contribution in [0.4, 0.5) is 5.69 Å². The summed E-state index contributed by atoms with van der Waals surface area (Å²) in [5, 5.41) is 10.5. The van der Waals surface area contributed by atoms with Crippen LogP contribution in [0.3, 0.4) is 0 Å². The molecule has 0 saturated carbocycles. The van der Waals surface area contributed by atoms with Crippen LogP contribution in [0, 0.1) is 0 Å². The molecule has 0 bridgehead atoms. The summed E-state index contributed by atoms with van der Waals surface area (Å²) in [5.41, 5.74) is 8.53. The van der Waals surface area contributed by atoms with Gasteiger partial charge in [-0.1, -0.05) is 61.5 Å². The smallest absolute Gasteiger partial charge is 0.0394 e. The maximum absolute atomic E-state index is 6.26. The average Bonchev–Trinajstić information content (AvgIpc) is 2.60. The first-order valence-electron chi connectivity index (χ1n) is 8.16. The number of hydrogen-bond acceptors (Lipinski definition) is 1. The fourth-order valence-corrected chi connectivity index (χ4v) is 4.11. The van der Waals surface area contributed by atoms with Crippen LogP contribution in [0.15, 0.2) is 60.7 Å². The Morgan fingerprint density at radius 3 is 2.22 bits per heavy atom. The van der Waals surface area contributed by atoms with Gasteiger partial charge in [-0.05, 0) is 55.8 Å². The molecule has 0 atom stereocenters. The van der Waals surface area contributed by atoms with Crippen LogP contribution < -0.4 is 5.73 Å². The summed E-state index contributed by atoms with van der Waals surface area (Å²) in [7, 11) is 0. The van der Waals surface area contributed by atoms with Crippen LogP contribution in [0.2, 0.25) is 0 Å². The minimum Gasteiger partial charge on any atom is -0.398 e. The Balaban J connectivity index is 2.27. The summed E-state index contributed by atoms with van der Waals surface area (Å²) in [6.07, 6.45) is 1.04. The molecule has 0 aliphatic rings. The summed E-state index contributed by atoms with van der Waals surface area (Å²) in [6, 6.07) is 21.9. The van der Waals surface area contributed by atoms with E-state index in [1.54, 1.807) is 0 Å². The third-order valence-electron chi connectivity index (χ3n) is 5.15. The molecule has 110 valence electrons. The van der Waals surface area contributed by atoms with E-state index in [-0.39, 0.29) is 0 Å². The zero-order valence-corrected chi connectivity index (χ0v) is 13.1. The van der Waals surface area contributed by atoms with Gasteiger partial charge in [0.2, 0.25) is 0 Å². The fourth-order valence-electron chi connectivity index (χ4n) is 4.11. The highest BCUT2D eigenvalue weighted by atomic mass is 14.5. The molecule has 1 heteroatoms. The van der Waals surface area contributed by atoms with Crippen LogP contribution in [-0.4, -0.2) is 0 Å². The molecule has 0 aromatic heterocycles. The lowest BCUT2D eigenvalue weighted by atomic mass is 9.87. The molecule has 0 amide bonds. The molecule has 0 aliphatic carbocycles. The van der Waals surface area contributed by atoms with E-state index in [4.69, 9.17) is 5.73 Å². The highest BCUT2D eigenvalue weighted by Gasteiger charge is 2.15. The molecule has 1 nitrogen and oxygen atoms in total. The Labute approximate surface area is 134 Å². The number of anilines is 1. The molecular weight excluding hydrogens is 278 g/mol. The number of aryl methyl sites for hydroxylation is 1. The van der Waals surface area contributed by atoms with E-state index < -0.39 is 0 Å². The molecule has 0 heterocycles. The Kier molecular flexibility index (Phi) is 2.41. The number of benzene rings is 5. The van der Waals surface area contributed by atoms with E-state index in [0.29, 0.717) is 0 Å². The van der Waals surface area contributed by atoms with Crippen LogP contribution in [0.5, 0.6) is 0 Å². The third kappa shape index (κ3) is 1.52. The SMILES string of the molecule is CCc1ccc2cccc3c4cccc5c(N)ccc(c1c23)c54. The van der Waals surface area contributed by atoms with Crippen molar-refractivity contribution in [2.24, 2.45) is 0 Å². The van der Waals surface area contributed by atoms with E-state index in [1.165, 1.54) is 43.3 Å². The van der Waals surface area contributed by atoms with Gasteiger partial charge in [0.25, 0.3) is 0 Å². The molecule has 0 radical (unpaired) electrons. The molecule has 5 aromatic carbocycles. The lowest BCUT2D eigenvalue weighted by Crippen LogP contribution is -1.93. The van der Waals surface area contributed by atoms with Crippen molar-refractivity contribution in [2.45, 2.75) is 13.3 Å². The zero-order chi connectivity index (χ0) is 15.6. The number of nitrogens with two attached hydrogens (primary N) is 1. The van der Waals surface area contributed by atoms with Crippen molar-refractivity contribution in [3.05, 3.63) is 66.2 Å². The normalized spacial score (nSPS) is 12.0. The van der Waals surface area contributed by atoms with Gasteiger partial charge in [0, 0.05) is 11.1 Å². The van der Waals surface area contributed by atoms with Crippen LogP contribution in [-0.2, 0) is 6.42 Å². The van der Waals surface area contributed by atoms with E-state index in [2.05, 4.69) is 61.5 Å². The highest BCUT2D eigenvalue weighted by molar-refractivity contribution is 6.34. The second-order valence-corrected chi connectivity index (χ2v) is 6.29. The largest absolute Gasteiger partial charge is 0.398 e. The molecular formula is C22H17N. The maximum Gasteiger partial charge on any atom is 0.0394 e. The number of hydrogen-bond donors (Lipinski definition) is 1. The summed E-state index contributed by atoms with van der Waals surface area (Å²) in [5.74, 6) is 0. The number of nitrogen functional groups attached to an aromatic ring is 1. The minimum absolute atomic E-state index is 0.857. The molecule has 5 aromatic rings. The average molecular weight is 295 g/mol. The predicted octanol–water partition coefficient (Wildman–Crippen LogP) is 5.88. The summed E-state index contributed by atoms with van der Waals surface area (Å²) < 4.78 is 0. The summed E-state index contributed by atoms with van der Waals surface area (Å²) in [6.45, 7) is 2.23. The second-order valence-electron chi connectivity index (χ2n) is 6.29. The van der Waals surface area contributed by atoms with Gasteiger partial charge in [0.1, 0.15) is 0 Å². The first-order valence-corrected chi connectivity index (χ1v) is 8.16. The van der Waals surface area contributed by atoms with E-state index in [1.807, 2.05) is 6.07 Å². The fraction of sp³-hybridized carbons (Fsp3) is 0.0909. The standard InChI is InChI=1S/C22H17N/c1-2-13-9-10-14-5-3-6-15-16-7-4-8-17-19(23)12-11-18(22(16)17)20(13)21(14)15/h3-12H,2,23H2,1H3. The molecule has 0 unspecified atom stereocenters. The van der Waals surface area contributed by atoms with Gasteiger partial charge >= 0.3 is 0 Å². The van der Waals surface area contributed by atoms with Gasteiger partial charge in [-0.25, -0.2) is 0 Å². The van der Waals surface area contributed by atoms with Crippen LogP contribution >= 0.6 is 0 Å². The molecule has 0 aliphatic heterocycles. The monoisotopic (exact) mass is 295 g/mol. The van der Waals surface area contributed by atoms with Gasteiger partial charge in [0.05, 0.1) is 0 Å². The van der Waals surface area contributed by atoms with Gasteiger partial charge < -0.3 is 5.73 Å². The van der Waals surface area contributed by atoms with Crippen LogP contribution in [0.25, 0.3) is 43.1 Å². The van der Waals surface area contributed by atoms with Gasteiger partial charge in [-0.2, -0.15) is 0 Å². The van der Waals surface area contributed by atoms with Crippen LogP contribution in [0.1, 0.15) is 12.5 Å². The van der Waals surface area contributed by atoms with Crippen molar-refractivity contribution in [2.75, 3.05) is 5.73 Å². The number of fused-ring (bicyclic) bond motifs is 2. The Morgan fingerprint density at radius 2 is 1.39 bits per heavy atom. The summed E-state index contributed by atoms with van der Waals surface area (Å²) >= 11 is 0.